The molecule has 0 unspecified atom stereocenters. The molecule has 13 heteroatoms. The number of rotatable bonds is 11. The van der Waals surface area contributed by atoms with Gasteiger partial charge in [-0.1, -0.05) is 11.6 Å². The van der Waals surface area contributed by atoms with Gasteiger partial charge >= 0.3 is 0 Å². The monoisotopic (exact) mass is 709 g/mol. The molecule has 0 saturated carbocycles. The molecule has 0 radical (unpaired) electrons. The van der Waals surface area contributed by atoms with Crippen LogP contribution in [-0.2, 0) is 4.74 Å². The summed E-state index contributed by atoms with van der Waals surface area (Å²) in [5.74, 6) is -0.139. The average molecular weight is 710 g/mol. The van der Waals surface area contributed by atoms with Crippen molar-refractivity contribution < 1.29 is 28.1 Å². The van der Waals surface area contributed by atoms with Crippen molar-refractivity contribution in [2.24, 2.45) is 0 Å². The van der Waals surface area contributed by atoms with Gasteiger partial charge in [0.1, 0.15) is 17.0 Å². The van der Waals surface area contributed by atoms with Crippen LogP contribution in [0.5, 0.6) is 23.0 Å². The Kier molecular flexibility index (Phi) is 10.1. The van der Waals surface area contributed by atoms with Crippen LogP contribution in [0.3, 0.4) is 0 Å². The van der Waals surface area contributed by atoms with Gasteiger partial charge < -0.3 is 28.8 Å². The van der Waals surface area contributed by atoms with Crippen molar-refractivity contribution in [1.29, 1.82) is 0 Å². The first-order valence-corrected chi connectivity index (χ1v) is 16.7. The SMILES string of the molecule is COc1cc2c(Oc3ccc(NC(=O)c4cn(-c5ccc(Cl)cc5)c5ncccc5c4=O)cc3F)ccnc2cc1OCCCN1CCOCC1. The predicted molar refractivity (Wildman–Crippen MR) is 192 cm³/mol. The zero-order valence-corrected chi connectivity index (χ0v) is 28.4. The number of morpholine rings is 1. The summed E-state index contributed by atoms with van der Waals surface area (Å²) in [5.41, 5.74) is 1.07. The minimum absolute atomic E-state index is 0.0789. The fourth-order valence-corrected chi connectivity index (χ4v) is 6.01. The molecule has 7 rings (SSSR count). The molecule has 1 aliphatic rings. The number of fused-ring (bicyclic) bond motifs is 2. The Morgan fingerprint density at radius 2 is 1.76 bits per heavy atom. The molecule has 0 bridgehead atoms. The van der Waals surface area contributed by atoms with E-state index in [1.165, 1.54) is 18.3 Å². The number of aromatic nitrogens is 3. The van der Waals surface area contributed by atoms with E-state index in [-0.39, 0.29) is 22.4 Å². The van der Waals surface area contributed by atoms with E-state index in [0.29, 0.717) is 51.1 Å². The molecule has 1 saturated heterocycles. The van der Waals surface area contributed by atoms with Gasteiger partial charge in [0.15, 0.2) is 23.1 Å². The van der Waals surface area contributed by atoms with Gasteiger partial charge in [0, 0.05) is 72.1 Å². The van der Waals surface area contributed by atoms with E-state index in [1.54, 1.807) is 78.7 Å². The third-order valence-corrected chi connectivity index (χ3v) is 8.74. The van der Waals surface area contributed by atoms with E-state index in [0.717, 1.165) is 45.3 Å². The number of anilines is 1. The lowest BCUT2D eigenvalue weighted by Crippen LogP contribution is -2.37. The van der Waals surface area contributed by atoms with Crippen molar-refractivity contribution in [2.75, 3.05) is 51.9 Å². The van der Waals surface area contributed by atoms with Crippen LogP contribution in [-0.4, -0.2) is 71.9 Å². The molecule has 1 amide bonds. The van der Waals surface area contributed by atoms with Gasteiger partial charge in [-0.2, -0.15) is 0 Å². The Morgan fingerprint density at radius 1 is 0.941 bits per heavy atom. The summed E-state index contributed by atoms with van der Waals surface area (Å²) in [6, 6.07) is 19.3. The molecular weight excluding hydrogens is 677 g/mol. The van der Waals surface area contributed by atoms with Gasteiger partial charge in [-0.15, -0.1) is 0 Å². The summed E-state index contributed by atoms with van der Waals surface area (Å²) in [7, 11) is 1.55. The van der Waals surface area contributed by atoms with Crippen LogP contribution in [0, 0.1) is 5.82 Å². The fourth-order valence-electron chi connectivity index (χ4n) is 5.88. The molecule has 3 aromatic heterocycles. The Bertz CT molecular complexity index is 2280. The van der Waals surface area contributed by atoms with E-state index < -0.39 is 17.2 Å². The number of nitrogens with one attached hydrogen (secondary N) is 1. The maximum absolute atomic E-state index is 15.5. The largest absolute Gasteiger partial charge is 0.493 e. The maximum Gasteiger partial charge on any atom is 0.261 e. The molecule has 51 heavy (non-hydrogen) atoms. The van der Waals surface area contributed by atoms with Gasteiger partial charge in [-0.05, 0) is 67.1 Å². The van der Waals surface area contributed by atoms with Crippen LogP contribution in [0.2, 0.25) is 5.02 Å². The van der Waals surface area contributed by atoms with E-state index in [9.17, 15) is 9.59 Å². The Balaban J connectivity index is 1.08. The number of methoxy groups -OCH3 is 1. The summed E-state index contributed by atoms with van der Waals surface area (Å²) >= 11 is 6.07. The molecule has 0 atom stereocenters. The van der Waals surface area contributed by atoms with E-state index in [2.05, 4.69) is 20.2 Å². The quantitative estimate of drug-likeness (QED) is 0.144. The number of nitrogens with zero attached hydrogens (tertiary/aromatic N) is 4. The smallest absolute Gasteiger partial charge is 0.261 e. The minimum atomic E-state index is -0.730. The highest BCUT2D eigenvalue weighted by atomic mass is 35.5. The zero-order valence-electron chi connectivity index (χ0n) is 27.6. The van der Waals surface area contributed by atoms with Crippen LogP contribution < -0.4 is 25.0 Å². The highest BCUT2D eigenvalue weighted by Crippen LogP contribution is 2.38. The lowest BCUT2D eigenvalue weighted by molar-refractivity contribution is 0.0357. The molecule has 1 N–H and O–H groups in total. The van der Waals surface area contributed by atoms with E-state index >= 15 is 4.39 Å². The highest BCUT2D eigenvalue weighted by Gasteiger charge is 2.19. The van der Waals surface area contributed by atoms with Crippen molar-refractivity contribution >= 4 is 45.1 Å². The van der Waals surface area contributed by atoms with Gasteiger partial charge in [0.25, 0.3) is 5.91 Å². The third-order valence-electron chi connectivity index (χ3n) is 8.49. The molecule has 4 heterocycles. The second kappa shape index (κ2) is 15.1. The van der Waals surface area contributed by atoms with Crippen molar-refractivity contribution in [3.8, 4) is 28.7 Å². The topological polar surface area (TPSA) is 117 Å². The number of carbonyl (C=O) groups is 1. The zero-order chi connectivity index (χ0) is 35.3. The molecular formula is C38H33ClFN5O6. The number of carbonyl (C=O) groups excluding carboxylic acids is 1. The minimum Gasteiger partial charge on any atom is -0.493 e. The lowest BCUT2D eigenvalue weighted by atomic mass is 10.1. The molecule has 3 aromatic carbocycles. The van der Waals surface area contributed by atoms with Gasteiger partial charge in [-0.25, -0.2) is 9.37 Å². The molecule has 1 fully saturated rings. The summed E-state index contributed by atoms with van der Waals surface area (Å²) in [6.07, 6.45) is 5.38. The molecule has 0 aliphatic carbocycles. The maximum atomic E-state index is 15.5. The van der Waals surface area contributed by atoms with Crippen molar-refractivity contribution in [2.45, 2.75) is 6.42 Å². The number of benzene rings is 3. The Labute approximate surface area is 297 Å². The van der Waals surface area contributed by atoms with Gasteiger partial charge in [0.05, 0.1) is 37.8 Å². The fraction of sp³-hybridized carbons (Fsp3) is 0.211. The molecule has 1 aliphatic heterocycles. The molecule has 11 nitrogen and oxygen atoms in total. The normalized spacial score (nSPS) is 13.3. The average Bonchev–Trinajstić information content (AvgIpc) is 3.15. The number of amides is 1. The second-order valence-corrected chi connectivity index (χ2v) is 12.2. The van der Waals surface area contributed by atoms with Crippen molar-refractivity contribution in [3.63, 3.8) is 0 Å². The number of hydrogen-bond acceptors (Lipinski definition) is 9. The molecule has 260 valence electrons. The van der Waals surface area contributed by atoms with Crippen LogP contribution in [0.15, 0.2) is 96.2 Å². The number of halogens is 2. The van der Waals surface area contributed by atoms with Crippen molar-refractivity contribution in [3.05, 3.63) is 118 Å². The van der Waals surface area contributed by atoms with Crippen LogP contribution in [0.4, 0.5) is 10.1 Å². The third kappa shape index (κ3) is 7.48. The Morgan fingerprint density at radius 3 is 2.55 bits per heavy atom. The molecule has 6 aromatic rings. The first kappa shape index (κ1) is 33.9. The first-order valence-electron chi connectivity index (χ1n) is 16.3. The summed E-state index contributed by atoms with van der Waals surface area (Å²) in [4.78, 5) is 38.0. The van der Waals surface area contributed by atoms with Crippen LogP contribution >= 0.6 is 11.6 Å². The Hall–Kier alpha value is -5.56. The van der Waals surface area contributed by atoms with Crippen molar-refractivity contribution in [1.82, 2.24) is 19.4 Å². The predicted octanol–water partition coefficient (Wildman–Crippen LogP) is 6.88. The number of pyridine rings is 3. The lowest BCUT2D eigenvalue weighted by Gasteiger charge is -2.26. The number of hydrogen-bond donors (Lipinski definition) is 1. The first-order chi connectivity index (χ1) is 24.9. The summed E-state index contributed by atoms with van der Waals surface area (Å²) in [6.45, 7) is 4.75. The van der Waals surface area contributed by atoms with Crippen LogP contribution in [0.1, 0.15) is 16.8 Å². The van der Waals surface area contributed by atoms with Gasteiger partial charge in [0.2, 0.25) is 5.43 Å². The second-order valence-electron chi connectivity index (χ2n) is 11.8. The van der Waals surface area contributed by atoms with E-state index in [1.807, 2.05) is 0 Å². The highest BCUT2D eigenvalue weighted by molar-refractivity contribution is 6.30. The molecule has 0 spiro atoms. The summed E-state index contributed by atoms with van der Waals surface area (Å²) in [5, 5.41) is 4.01. The summed E-state index contributed by atoms with van der Waals surface area (Å²) < 4.78 is 40.2. The van der Waals surface area contributed by atoms with Gasteiger partial charge in [-0.3, -0.25) is 19.5 Å². The standard InChI is InChI=1S/C38H33ClFN5O6/c1-48-34-21-28-31(22-35(34)50-17-3-14-44-15-18-49-19-16-44)41-13-11-32(28)51-33-10-7-25(20-30(33)40)43-38(47)29-23-45(26-8-5-24(39)6-9-26)37-27(36(29)46)4-2-12-42-37/h2,4-13,20-23H,3,14-19H2,1H3,(H,43,47). The van der Waals surface area contributed by atoms with E-state index in [4.69, 9.17) is 30.5 Å². The number of ether oxygens (including phenoxy) is 4. The van der Waals surface area contributed by atoms with Crippen LogP contribution in [0.25, 0.3) is 27.6 Å².